The summed E-state index contributed by atoms with van der Waals surface area (Å²) in [6.07, 6.45) is 13.1. The van der Waals surface area contributed by atoms with E-state index in [0.29, 0.717) is 30.7 Å². The summed E-state index contributed by atoms with van der Waals surface area (Å²) in [7, 11) is 0. The van der Waals surface area contributed by atoms with Crippen LogP contribution in [0.2, 0.25) is 0 Å². The Hall–Kier alpha value is -2.17. The fourth-order valence-corrected chi connectivity index (χ4v) is 5.23. The Labute approximate surface area is 187 Å². The van der Waals surface area contributed by atoms with Crippen molar-refractivity contribution in [2.45, 2.75) is 72.3 Å². The van der Waals surface area contributed by atoms with Gasteiger partial charge in [-0.15, -0.1) is 0 Å². The van der Waals surface area contributed by atoms with Crippen LogP contribution in [0, 0.1) is 29.6 Å². The molecule has 170 valence electrons. The van der Waals surface area contributed by atoms with Crippen LogP contribution in [0.4, 0.5) is 0 Å². The topological polar surface area (TPSA) is 71.1 Å². The molecule has 2 N–H and O–H groups in total. The van der Waals surface area contributed by atoms with Crippen molar-refractivity contribution in [3.63, 3.8) is 0 Å². The number of rotatable bonds is 8. The number of nitrogens with one attached hydrogen (secondary N) is 2. The fraction of sp³-hybridized carbons (Fsp3) is 0.654. The molecule has 1 saturated carbocycles. The summed E-state index contributed by atoms with van der Waals surface area (Å²) in [5.41, 5.74) is 2.30. The molecule has 31 heavy (non-hydrogen) atoms. The highest BCUT2D eigenvalue weighted by molar-refractivity contribution is 5.78. The van der Waals surface area contributed by atoms with Crippen molar-refractivity contribution in [2.24, 2.45) is 29.6 Å². The minimum atomic E-state index is 0.0909. The second-order valence-electron chi connectivity index (χ2n) is 9.84. The van der Waals surface area contributed by atoms with Gasteiger partial charge in [-0.05, 0) is 61.5 Å². The van der Waals surface area contributed by atoms with Gasteiger partial charge in [0.2, 0.25) is 11.8 Å². The average molecular weight is 426 g/mol. The maximum absolute atomic E-state index is 12.6. The highest BCUT2D eigenvalue weighted by Crippen LogP contribution is 2.38. The second kappa shape index (κ2) is 11.4. The van der Waals surface area contributed by atoms with Crippen LogP contribution in [0.25, 0.3) is 0 Å². The minimum absolute atomic E-state index is 0.0909. The largest absolute Gasteiger partial charge is 0.355 e. The normalized spacial score (nSPS) is 24.5. The first-order chi connectivity index (χ1) is 14.9. The fourth-order valence-electron chi connectivity index (χ4n) is 5.23. The van der Waals surface area contributed by atoms with Gasteiger partial charge in [0.15, 0.2) is 0 Å². The molecule has 0 spiro atoms. The summed E-state index contributed by atoms with van der Waals surface area (Å²) < 4.78 is 0. The molecular weight excluding hydrogens is 386 g/mol. The van der Waals surface area contributed by atoms with E-state index in [-0.39, 0.29) is 23.7 Å². The van der Waals surface area contributed by atoms with Crippen LogP contribution >= 0.6 is 0 Å². The van der Waals surface area contributed by atoms with Crippen LogP contribution in [0.1, 0.15) is 71.3 Å². The van der Waals surface area contributed by atoms with Gasteiger partial charge in [-0.2, -0.15) is 0 Å². The number of carbonyl (C=O) groups is 2. The first-order valence-corrected chi connectivity index (χ1v) is 12.1. The predicted molar refractivity (Wildman–Crippen MR) is 124 cm³/mol. The van der Waals surface area contributed by atoms with Gasteiger partial charge in [-0.1, -0.05) is 50.8 Å². The molecule has 1 aromatic rings. The number of hydrogen-bond donors (Lipinski definition) is 2. The molecule has 3 unspecified atom stereocenters. The summed E-state index contributed by atoms with van der Waals surface area (Å²) in [5, 5.41) is 6.29. The van der Waals surface area contributed by atoms with E-state index in [4.69, 9.17) is 0 Å². The highest BCUT2D eigenvalue weighted by Gasteiger charge is 2.33. The van der Waals surface area contributed by atoms with E-state index in [1.54, 1.807) is 12.4 Å². The molecule has 1 fully saturated rings. The lowest BCUT2D eigenvalue weighted by atomic mass is 9.69. The maximum Gasteiger partial charge on any atom is 0.223 e. The van der Waals surface area contributed by atoms with Crippen molar-refractivity contribution < 1.29 is 9.59 Å². The van der Waals surface area contributed by atoms with Crippen LogP contribution in [0.15, 0.2) is 36.2 Å². The third-order valence-electron chi connectivity index (χ3n) is 7.22. The van der Waals surface area contributed by atoms with Gasteiger partial charge in [-0.3, -0.25) is 14.6 Å². The molecule has 0 bridgehead atoms. The Kier molecular flexibility index (Phi) is 8.68. The smallest absolute Gasteiger partial charge is 0.223 e. The van der Waals surface area contributed by atoms with Crippen LogP contribution in [-0.2, 0) is 16.1 Å². The zero-order chi connectivity index (χ0) is 22.2. The third-order valence-corrected chi connectivity index (χ3v) is 7.22. The van der Waals surface area contributed by atoms with Crippen LogP contribution in [0.3, 0.4) is 0 Å². The number of aromatic nitrogens is 1. The van der Waals surface area contributed by atoms with E-state index < -0.39 is 0 Å². The second-order valence-corrected chi connectivity index (χ2v) is 9.84. The van der Waals surface area contributed by atoms with Gasteiger partial charge in [0.05, 0.1) is 0 Å². The first-order valence-electron chi connectivity index (χ1n) is 12.1. The molecule has 3 rings (SSSR count). The third kappa shape index (κ3) is 6.91. The molecule has 0 saturated heterocycles. The lowest BCUT2D eigenvalue weighted by Gasteiger charge is -2.37. The summed E-state index contributed by atoms with van der Waals surface area (Å²) in [6.45, 7) is 7.90. The predicted octanol–water partition coefficient (Wildman–Crippen LogP) is 4.64. The molecule has 1 aromatic heterocycles. The number of carbonyl (C=O) groups excluding carboxylic acids is 2. The molecule has 5 heteroatoms. The van der Waals surface area contributed by atoms with Crippen molar-refractivity contribution in [1.82, 2.24) is 15.6 Å². The molecule has 5 nitrogen and oxygen atoms in total. The van der Waals surface area contributed by atoms with E-state index in [2.05, 4.69) is 42.5 Å². The molecule has 3 atom stereocenters. The molecule has 0 aromatic carbocycles. The minimum Gasteiger partial charge on any atom is -0.355 e. The highest BCUT2D eigenvalue weighted by atomic mass is 16.2. The van der Waals surface area contributed by atoms with Gasteiger partial charge in [0.1, 0.15) is 0 Å². The zero-order valence-corrected chi connectivity index (χ0v) is 19.4. The van der Waals surface area contributed by atoms with E-state index in [1.807, 2.05) is 12.1 Å². The van der Waals surface area contributed by atoms with Gasteiger partial charge in [0.25, 0.3) is 0 Å². The maximum atomic E-state index is 12.6. The molecule has 0 aliphatic heterocycles. The van der Waals surface area contributed by atoms with E-state index in [0.717, 1.165) is 31.4 Å². The molecule has 2 amide bonds. The standard InChI is InChI=1S/C26H39N3O2/c1-18(2)24-13-22(14-25(30)28-16-20-8-7-11-27-15-20)19(3)12-23(24)17-29-26(31)21-9-5-4-6-10-21/h7-8,11-12,15,18,21-24H,4-6,9-10,13-14,16-17H2,1-3H3,(H,28,30)(H,29,31). The zero-order valence-electron chi connectivity index (χ0n) is 19.4. The Balaban J connectivity index is 1.54. The number of pyridine rings is 1. The number of nitrogens with zero attached hydrogens (tertiary/aromatic N) is 1. The lowest BCUT2D eigenvalue weighted by Crippen LogP contribution is -2.40. The van der Waals surface area contributed by atoms with Crippen molar-refractivity contribution >= 4 is 11.8 Å². The number of amides is 2. The summed E-state index contributed by atoms with van der Waals surface area (Å²) in [5.74, 6) is 2.15. The van der Waals surface area contributed by atoms with E-state index in [1.165, 1.54) is 24.8 Å². The van der Waals surface area contributed by atoms with E-state index >= 15 is 0 Å². The lowest BCUT2D eigenvalue weighted by molar-refractivity contribution is -0.126. The van der Waals surface area contributed by atoms with Gasteiger partial charge in [-0.25, -0.2) is 0 Å². The van der Waals surface area contributed by atoms with E-state index in [9.17, 15) is 9.59 Å². The van der Waals surface area contributed by atoms with Crippen LogP contribution < -0.4 is 10.6 Å². The average Bonchev–Trinajstić information content (AvgIpc) is 2.78. The summed E-state index contributed by atoms with van der Waals surface area (Å²) in [6, 6.07) is 3.86. The molecular formula is C26H39N3O2. The van der Waals surface area contributed by atoms with Gasteiger partial charge >= 0.3 is 0 Å². The van der Waals surface area contributed by atoms with Gasteiger partial charge in [0, 0.05) is 37.8 Å². The molecule has 2 aliphatic rings. The van der Waals surface area contributed by atoms with Crippen LogP contribution in [-0.4, -0.2) is 23.3 Å². The molecule has 0 radical (unpaired) electrons. The summed E-state index contributed by atoms with van der Waals surface area (Å²) in [4.78, 5) is 29.3. The quantitative estimate of drug-likeness (QED) is 0.596. The number of allylic oxidation sites excluding steroid dienone is 1. The van der Waals surface area contributed by atoms with Crippen molar-refractivity contribution in [2.75, 3.05) is 6.54 Å². The van der Waals surface area contributed by atoms with Gasteiger partial charge < -0.3 is 10.6 Å². The van der Waals surface area contributed by atoms with Crippen LogP contribution in [0.5, 0.6) is 0 Å². The Morgan fingerprint density at radius 1 is 1.16 bits per heavy atom. The SMILES string of the molecule is CC1=CC(CNC(=O)C2CCCCC2)C(C(C)C)CC1CC(=O)NCc1cccnc1. The Morgan fingerprint density at radius 2 is 1.94 bits per heavy atom. The van der Waals surface area contributed by atoms with Crippen molar-refractivity contribution in [1.29, 1.82) is 0 Å². The first kappa shape index (κ1) is 23.5. The Bertz CT molecular complexity index is 753. The Morgan fingerprint density at radius 3 is 2.61 bits per heavy atom. The number of hydrogen-bond acceptors (Lipinski definition) is 3. The monoisotopic (exact) mass is 425 g/mol. The van der Waals surface area contributed by atoms with Crippen molar-refractivity contribution in [3.05, 3.63) is 41.7 Å². The molecule has 1 heterocycles. The summed E-state index contributed by atoms with van der Waals surface area (Å²) >= 11 is 0. The van der Waals surface area contributed by atoms with Crippen molar-refractivity contribution in [3.8, 4) is 0 Å². The molecule has 2 aliphatic carbocycles.